The predicted molar refractivity (Wildman–Crippen MR) is 115 cm³/mol. The Morgan fingerprint density at radius 1 is 1.14 bits per heavy atom. The van der Waals surface area contributed by atoms with Crippen molar-refractivity contribution in [3.63, 3.8) is 0 Å². The highest BCUT2D eigenvalue weighted by Crippen LogP contribution is 2.22. The van der Waals surface area contributed by atoms with E-state index in [0.717, 1.165) is 11.3 Å². The Labute approximate surface area is 181 Å². The minimum atomic E-state index is -0.265. The molecule has 0 fully saturated rings. The SMILES string of the molecule is Cl.O=c1[nH]c(NCc2ccc(Cl)c(Cl)c2)nc2cnn(CCc3cnccn3)c12. The fraction of sp³-hybridized carbons (Fsp3) is 0.167. The van der Waals surface area contributed by atoms with Crippen LogP contribution in [0, 0.1) is 0 Å². The second-order valence-corrected chi connectivity index (χ2v) is 6.88. The third-order valence-electron chi connectivity index (χ3n) is 4.14. The first-order valence-corrected chi connectivity index (χ1v) is 9.24. The topological polar surface area (TPSA) is 101 Å². The highest BCUT2D eigenvalue weighted by molar-refractivity contribution is 6.42. The number of aromatic nitrogens is 6. The molecule has 150 valence electrons. The molecule has 0 unspecified atom stereocenters. The molecule has 0 amide bonds. The van der Waals surface area contributed by atoms with Gasteiger partial charge in [-0.3, -0.25) is 24.4 Å². The van der Waals surface area contributed by atoms with Gasteiger partial charge in [0, 0.05) is 38.1 Å². The van der Waals surface area contributed by atoms with E-state index in [-0.39, 0.29) is 18.0 Å². The van der Waals surface area contributed by atoms with Gasteiger partial charge >= 0.3 is 0 Å². The van der Waals surface area contributed by atoms with Gasteiger partial charge < -0.3 is 5.32 Å². The number of rotatable bonds is 6. The summed E-state index contributed by atoms with van der Waals surface area (Å²) in [4.78, 5) is 28.0. The molecule has 11 heteroatoms. The molecule has 0 aliphatic rings. The molecule has 1 aromatic carbocycles. The molecule has 0 saturated heterocycles. The molecule has 0 bridgehead atoms. The van der Waals surface area contributed by atoms with Crippen LogP contribution in [0.1, 0.15) is 11.3 Å². The van der Waals surface area contributed by atoms with E-state index in [1.807, 2.05) is 6.07 Å². The van der Waals surface area contributed by atoms with Gasteiger partial charge in [0.25, 0.3) is 5.56 Å². The van der Waals surface area contributed by atoms with Crippen molar-refractivity contribution in [1.29, 1.82) is 0 Å². The highest BCUT2D eigenvalue weighted by atomic mass is 35.5. The molecular formula is C18H16Cl3N7O. The first-order valence-electron chi connectivity index (χ1n) is 8.48. The Balaban J connectivity index is 0.00000240. The summed E-state index contributed by atoms with van der Waals surface area (Å²) in [5.74, 6) is 0.358. The van der Waals surface area contributed by atoms with Gasteiger partial charge in [-0.15, -0.1) is 12.4 Å². The van der Waals surface area contributed by atoms with E-state index in [9.17, 15) is 4.79 Å². The first-order chi connectivity index (χ1) is 13.6. The summed E-state index contributed by atoms with van der Waals surface area (Å²) in [6.45, 7) is 0.940. The van der Waals surface area contributed by atoms with Gasteiger partial charge in [-0.25, -0.2) is 4.98 Å². The molecule has 0 saturated carbocycles. The van der Waals surface area contributed by atoms with Gasteiger partial charge in [-0.05, 0) is 17.7 Å². The van der Waals surface area contributed by atoms with Gasteiger partial charge in [0.1, 0.15) is 5.52 Å². The van der Waals surface area contributed by atoms with E-state index < -0.39 is 0 Å². The van der Waals surface area contributed by atoms with Crippen molar-refractivity contribution in [1.82, 2.24) is 29.7 Å². The lowest BCUT2D eigenvalue weighted by Crippen LogP contribution is -2.17. The minimum absolute atomic E-state index is 0. The number of benzene rings is 1. The Morgan fingerprint density at radius 3 is 2.76 bits per heavy atom. The first kappa shape index (κ1) is 21.0. The third-order valence-corrected chi connectivity index (χ3v) is 4.88. The number of hydrogen-bond acceptors (Lipinski definition) is 6. The lowest BCUT2D eigenvalue weighted by Gasteiger charge is -2.07. The monoisotopic (exact) mass is 451 g/mol. The van der Waals surface area contributed by atoms with Crippen LogP contribution in [-0.4, -0.2) is 29.7 Å². The second-order valence-electron chi connectivity index (χ2n) is 6.06. The van der Waals surface area contributed by atoms with Crippen molar-refractivity contribution >= 4 is 52.6 Å². The summed E-state index contributed by atoms with van der Waals surface area (Å²) < 4.78 is 1.62. The lowest BCUT2D eigenvalue weighted by molar-refractivity contribution is 0.624. The molecule has 4 rings (SSSR count). The van der Waals surface area contributed by atoms with Crippen LogP contribution in [0.15, 0.2) is 47.8 Å². The number of hydrogen-bond donors (Lipinski definition) is 2. The lowest BCUT2D eigenvalue weighted by atomic mass is 10.2. The standard InChI is InChI=1S/C18H15Cl2N7O.ClH/c19-13-2-1-11(7-14(13)20)8-23-18-25-15-10-24-27(16(15)17(28)26-18)6-3-12-9-21-4-5-22-12;/h1-2,4-5,7,9-10H,3,6,8H2,(H2,23,25,26,28);1H. The largest absolute Gasteiger partial charge is 0.352 e. The maximum absolute atomic E-state index is 12.5. The molecule has 3 heterocycles. The van der Waals surface area contributed by atoms with Gasteiger partial charge in [0.05, 0.1) is 21.9 Å². The molecule has 0 aliphatic heterocycles. The number of nitrogens with one attached hydrogen (secondary N) is 2. The van der Waals surface area contributed by atoms with Crippen LogP contribution >= 0.6 is 35.6 Å². The Bertz CT molecular complexity index is 1180. The average molecular weight is 453 g/mol. The second kappa shape index (κ2) is 9.21. The number of aryl methyl sites for hydroxylation is 2. The summed E-state index contributed by atoms with van der Waals surface area (Å²) in [5, 5.41) is 8.33. The van der Waals surface area contributed by atoms with Crippen molar-refractivity contribution in [2.75, 3.05) is 5.32 Å². The number of H-pyrrole nitrogens is 1. The summed E-state index contributed by atoms with van der Waals surface area (Å²) >= 11 is 11.9. The van der Waals surface area contributed by atoms with E-state index in [1.165, 1.54) is 0 Å². The predicted octanol–water partition coefficient (Wildman–Crippen LogP) is 3.49. The van der Waals surface area contributed by atoms with E-state index in [1.54, 1.807) is 41.6 Å². The number of anilines is 1. The Kier molecular flexibility index (Phi) is 6.68. The van der Waals surface area contributed by atoms with Crippen molar-refractivity contribution in [2.24, 2.45) is 0 Å². The van der Waals surface area contributed by atoms with E-state index >= 15 is 0 Å². The fourth-order valence-corrected chi connectivity index (χ4v) is 3.09. The number of aromatic amines is 1. The van der Waals surface area contributed by atoms with Gasteiger partial charge in [0.2, 0.25) is 5.95 Å². The summed E-state index contributed by atoms with van der Waals surface area (Å²) in [5.41, 5.74) is 2.41. The zero-order valence-corrected chi connectivity index (χ0v) is 17.3. The molecule has 8 nitrogen and oxygen atoms in total. The van der Waals surface area contributed by atoms with Crippen LogP contribution in [0.25, 0.3) is 11.0 Å². The molecule has 2 N–H and O–H groups in total. The smallest absolute Gasteiger partial charge is 0.278 e. The zero-order chi connectivity index (χ0) is 19.5. The van der Waals surface area contributed by atoms with Crippen LogP contribution in [0.3, 0.4) is 0 Å². The summed E-state index contributed by atoms with van der Waals surface area (Å²) in [7, 11) is 0. The highest BCUT2D eigenvalue weighted by Gasteiger charge is 2.11. The third kappa shape index (κ3) is 4.84. The van der Waals surface area contributed by atoms with E-state index in [0.29, 0.717) is 46.5 Å². The van der Waals surface area contributed by atoms with Crippen LogP contribution in [0.5, 0.6) is 0 Å². The fourth-order valence-electron chi connectivity index (χ4n) is 2.77. The molecule has 0 aliphatic carbocycles. The van der Waals surface area contributed by atoms with Gasteiger partial charge in [0.15, 0.2) is 5.52 Å². The van der Waals surface area contributed by atoms with Crippen molar-refractivity contribution in [2.45, 2.75) is 19.5 Å². The van der Waals surface area contributed by atoms with Crippen molar-refractivity contribution in [3.05, 3.63) is 74.6 Å². The molecule has 0 atom stereocenters. The number of halogens is 3. The Hall–Kier alpha value is -2.68. The van der Waals surface area contributed by atoms with Crippen LogP contribution in [-0.2, 0) is 19.5 Å². The van der Waals surface area contributed by atoms with E-state index in [2.05, 4.69) is 30.4 Å². The summed E-state index contributed by atoms with van der Waals surface area (Å²) in [6, 6.07) is 5.34. The maximum atomic E-state index is 12.5. The normalized spacial score (nSPS) is 10.7. The molecule has 0 spiro atoms. The molecule has 29 heavy (non-hydrogen) atoms. The molecule has 4 aromatic rings. The average Bonchev–Trinajstić information content (AvgIpc) is 3.12. The number of fused-ring (bicyclic) bond motifs is 1. The van der Waals surface area contributed by atoms with Gasteiger partial charge in [-0.2, -0.15) is 5.10 Å². The van der Waals surface area contributed by atoms with Crippen LogP contribution < -0.4 is 10.9 Å². The molecule has 0 radical (unpaired) electrons. The number of nitrogens with zero attached hydrogens (tertiary/aromatic N) is 5. The summed E-state index contributed by atoms with van der Waals surface area (Å²) in [6.07, 6.45) is 7.14. The molecular weight excluding hydrogens is 437 g/mol. The quantitative estimate of drug-likeness (QED) is 0.464. The zero-order valence-electron chi connectivity index (χ0n) is 15.0. The Morgan fingerprint density at radius 2 is 2.00 bits per heavy atom. The maximum Gasteiger partial charge on any atom is 0.278 e. The molecule has 3 aromatic heterocycles. The van der Waals surface area contributed by atoms with Gasteiger partial charge in [-0.1, -0.05) is 29.3 Å². The van der Waals surface area contributed by atoms with E-state index in [4.69, 9.17) is 23.2 Å². The van der Waals surface area contributed by atoms with Crippen molar-refractivity contribution in [3.8, 4) is 0 Å². The minimum Gasteiger partial charge on any atom is -0.352 e. The van der Waals surface area contributed by atoms with Crippen LogP contribution in [0.2, 0.25) is 10.0 Å². The van der Waals surface area contributed by atoms with Crippen molar-refractivity contribution < 1.29 is 0 Å². The van der Waals surface area contributed by atoms with Crippen LogP contribution in [0.4, 0.5) is 5.95 Å².